The molecule has 1 N–H and O–H groups in total. The first-order valence-corrected chi connectivity index (χ1v) is 4.12. The molecular formula is C8H5ClF3N2+. The molecule has 6 heteroatoms. The average molecular weight is 222 g/mol. The molecule has 0 aliphatic rings. The lowest BCUT2D eigenvalue weighted by atomic mass is 10.3. The quantitative estimate of drug-likeness (QED) is 0.660. The average Bonchev–Trinajstić information content (AvgIpc) is 2.45. The Balaban J connectivity index is 2.73. The van der Waals surface area contributed by atoms with E-state index in [9.17, 15) is 13.2 Å². The molecule has 74 valence electrons. The predicted octanol–water partition coefficient (Wildman–Crippen LogP) is 2.59. The number of imidazole rings is 1. The number of aromatic nitrogens is 2. The number of alkyl halides is 3. The summed E-state index contributed by atoms with van der Waals surface area (Å²) >= 11 is 5.60. The number of halogens is 4. The van der Waals surface area contributed by atoms with Crippen molar-refractivity contribution in [2.45, 2.75) is 6.30 Å². The van der Waals surface area contributed by atoms with E-state index in [0.29, 0.717) is 5.52 Å². The van der Waals surface area contributed by atoms with Crippen LogP contribution in [0.2, 0.25) is 5.02 Å². The third kappa shape index (κ3) is 1.43. The predicted molar refractivity (Wildman–Crippen MR) is 44.8 cm³/mol. The fourth-order valence-corrected chi connectivity index (χ4v) is 1.41. The molecule has 0 saturated heterocycles. The molecule has 2 nitrogen and oxygen atoms in total. The zero-order valence-electron chi connectivity index (χ0n) is 6.77. The highest BCUT2D eigenvalue weighted by Crippen LogP contribution is 2.20. The third-order valence-electron chi connectivity index (χ3n) is 1.84. The molecule has 0 aliphatic carbocycles. The van der Waals surface area contributed by atoms with Gasteiger partial charge in [0, 0.05) is 11.1 Å². The zero-order chi connectivity index (χ0) is 10.3. The molecule has 0 saturated carbocycles. The molecule has 0 fully saturated rings. The van der Waals surface area contributed by atoms with Crippen LogP contribution in [0, 0.1) is 0 Å². The number of hydrogen-bond acceptors (Lipinski definition) is 0. The first kappa shape index (κ1) is 9.33. The summed E-state index contributed by atoms with van der Waals surface area (Å²) in [6, 6.07) is 4.29. The Morgan fingerprint density at radius 2 is 2.00 bits per heavy atom. The second-order valence-corrected chi connectivity index (χ2v) is 3.21. The van der Waals surface area contributed by atoms with Crippen molar-refractivity contribution in [2.75, 3.05) is 0 Å². The number of nitrogens with zero attached hydrogens (tertiary/aromatic N) is 1. The van der Waals surface area contributed by atoms with Gasteiger partial charge >= 0.3 is 6.30 Å². The Kier molecular flexibility index (Phi) is 1.92. The van der Waals surface area contributed by atoms with E-state index in [-0.39, 0.29) is 15.1 Å². The van der Waals surface area contributed by atoms with Gasteiger partial charge in [0.05, 0.1) is 0 Å². The van der Waals surface area contributed by atoms with Crippen molar-refractivity contribution >= 4 is 22.6 Å². The summed E-state index contributed by atoms with van der Waals surface area (Å²) in [4.78, 5) is 2.51. The highest BCUT2D eigenvalue weighted by Gasteiger charge is 2.39. The molecule has 2 aromatic rings. The summed E-state index contributed by atoms with van der Waals surface area (Å²) in [6.07, 6.45) is -3.57. The topological polar surface area (TPSA) is 19.7 Å². The zero-order valence-corrected chi connectivity index (χ0v) is 7.52. The molecular weight excluding hydrogens is 217 g/mol. The molecule has 0 atom stereocenters. The second kappa shape index (κ2) is 2.88. The molecule has 1 aromatic heterocycles. The molecule has 0 radical (unpaired) electrons. The van der Waals surface area contributed by atoms with Crippen LogP contribution in [0.3, 0.4) is 0 Å². The number of nitrogens with one attached hydrogen (secondary N) is 1. The fraction of sp³-hybridized carbons (Fsp3) is 0.125. The normalized spacial score (nSPS) is 12.3. The Labute approximate surface area is 81.9 Å². The van der Waals surface area contributed by atoms with Gasteiger partial charge in [-0.3, -0.25) is 0 Å². The van der Waals surface area contributed by atoms with E-state index in [2.05, 4.69) is 4.98 Å². The maximum absolute atomic E-state index is 12.4. The molecule has 0 aliphatic heterocycles. The number of H-pyrrole nitrogens is 1. The largest absolute Gasteiger partial charge is 0.567 e. The summed E-state index contributed by atoms with van der Waals surface area (Å²) in [5.74, 6) is 0. The molecule has 0 bridgehead atoms. The third-order valence-corrected chi connectivity index (χ3v) is 2.08. The van der Waals surface area contributed by atoms with Crippen molar-refractivity contribution < 1.29 is 17.7 Å². The smallest absolute Gasteiger partial charge is 0.243 e. The summed E-state index contributed by atoms with van der Waals surface area (Å²) in [6.45, 7) is 0. The summed E-state index contributed by atoms with van der Waals surface area (Å²) < 4.78 is 37.3. The first-order chi connectivity index (χ1) is 6.48. The van der Waals surface area contributed by atoms with Gasteiger partial charge in [0.1, 0.15) is 0 Å². The number of benzene rings is 1. The number of hydrogen-bond donors (Lipinski definition) is 1. The van der Waals surface area contributed by atoms with E-state index in [1.807, 2.05) is 0 Å². The summed E-state index contributed by atoms with van der Waals surface area (Å²) in [7, 11) is 0. The van der Waals surface area contributed by atoms with E-state index in [1.165, 1.54) is 18.2 Å². The van der Waals surface area contributed by atoms with Crippen LogP contribution in [0.5, 0.6) is 0 Å². The van der Waals surface area contributed by atoms with E-state index in [4.69, 9.17) is 11.6 Å². The van der Waals surface area contributed by atoms with E-state index < -0.39 is 6.30 Å². The highest BCUT2D eigenvalue weighted by molar-refractivity contribution is 6.31. The van der Waals surface area contributed by atoms with Gasteiger partial charge in [-0.2, -0.15) is 0 Å². The van der Waals surface area contributed by atoms with Gasteiger partial charge in [-0.25, -0.2) is 4.98 Å². The van der Waals surface area contributed by atoms with Crippen LogP contribution in [-0.2, 0) is 6.30 Å². The molecule has 1 heterocycles. The van der Waals surface area contributed by atoms with Crippen LogP contribution in [0.4, 0.5) is 13.2 Å². The van der Waals surface area contributed by atoms with Gasteiger partial charge in [0.15, 0.2) is 11.0 Å². The van der Waals surface area contributed by atoms with Crippen molar-refractivity contribution in [1.82, 2.24) is 4.98 Å². The monoisotopic (exact) mass is 221 g/mol. The lowest BCUT2D eigenvalue weighted by molar-refractivity contribution is -0.836. The minimum Gasteiger partial charge on any atom is -0.243 e. The number of aromatic amines is 1. The van der Waals surface area contributed by atoms with Crippen molar-refractivity contribution in [1.29, 1.82) is 0 Å². The molecule has 2 rings (SSSR count). The standard InChI is InChI=1S/C8H4ClF3N2/c9-5-1-2-6-7(3-5)14(4-13-6)8(10,11)12/h1-4H/p+1. The lowest BCUT2D eigenvalue weighted by Crippen LogP contribution is -2.45. The van der Waals surface area contributed by atoms with Gasteiger partial charge in [-0.15, -0.1) is 17.7 Å². The van der Waals surface area contributed by atoms with Crippen molar-refractivity contribution in [2.24, 2.45) is 0 Å². The molecule has 0 spiro atoms. The maximum Gasteiger partial charge on any atom is 0.567 e. The summed E-state index contributed by atoms with van der Waals surface area (Å²) in [5.41, 5.74) is 0.414. The molecule has 0 amide bonds. The minimum absolute atomic E-state index is 0.0185. The Morgan fingerprint density at radius 1 is 1.29 bits per heavy atom. The molecule has 0 unspecified atom stereocenters. The van der Waals surface area contributed by atoms with Crippen LogP contribution in [-0.4, -0.2) is 4.98 Å². The van der Waals surface area contributed by atoms with Crippen molar-refractivity contribution in [3.05, 3.63) is 29.5 Å². The van der Waals surface area contributed by atoms with Gasteiger partial charge in [0.2, 0.25) is 6.33 Å². The Bertz CT molecular complexity index is 475. The van der Waals surface area contributed by atoms with Gasteiger partial charge < -0.3 is 0 Å². The number of rotatable bonds is 0. The van der Waals surface area contributed by atoms with Crippen LogP contribution in [0.1, 0.15) is 0 Å². The first-order valence-electron chi connectivity index (χ1n) is 3.74. The summed E-state index contributed by atoms with van der Waals surface area (Å²) in [5, 5.41) is 0.273. The molecule has 1 aromatic carbocycles. The Hall–Kier alpha value is -1.23. The van der Waals surface area contributed by atoms with Gasteiger partial charge in [0.25, 0.3) is 0 Å². The fourth-order valence-electron chi connectivity index (χ4n) is 1.24. The highest BCUT2D eigenvalue weighted by atomic mass is 35.5. The lowest BCUT2D eigenvalue weighted by Gasteiger charge is -2.00. The molecule has 14 heavy (non-hydrogen) atoms. The van der Waals surface area contributed by atoms with Crippen molar-refractivity contribution in [3.8, 4) is 0 Å². The van der Waals surface area contributed by atoms with E-state index in [0.717, 1.165) is 6.33 Å². The second-order valence-electron chi connectivity index (χ2n) is 2.77. The van der Waals surface area contributed by atoms with Gasteiger partial charge in [-0.05, 0) is 12.1 Å². The van der Waals surface area contributed by atoms with E-state index in [1.54, 1.807) is 0 Å². The van der Waals surface area contributed by atoms with Crippen LogP contribution in [0.15, 0.2) is 24.5 Å². The van der Waals surface area contributed by atoms with E-state index >= 15 is 0 Å². The minimum atomic E-state index is -4.43. The van der Waals surface area contributed by atoms with Crippen molar-refractivity contribution in [3.63, 3.8) is 0 Å². The van der Waals surface area contributed by atoms with Crippen LogP contribution < -0.4 is 4.57 Å². The van der Waals surface area contributed by atoms with Gasteiger partial charge in [-0.1, -0.05) is 11.6 Å². The Morgan fingerprint density at radius 3 is 2.64 bits per heavy atom. The van der Waals surface area contributed by atoms with Crippen LogP contribution >= 0.6 is 11.6 Å². The SMILES string of the molecule is FC(F)(F)[n+]1c[nH]c2ccc(Cl)cc21. The van der Waals surface area contributed by atoms with Crippen LogP contribution in [0.25, 0.3) is 11.0 Å². The number of fused-ring (bicyclic) bond motifs is 1. The maximum atomic E-state index is 12.4.